The number of benzene rings is 2. The van der Waals surface area contributed by atoms with Crippen LogP contribution < -0.4 is 4.40 Å². The molecule has 2 nitrogen and oxygen atoms in total. The van der Waals surface area contributed by atoms with Crippen LogP contribution in [0.5, 0.6) is 0 Å². The molecule has 0 aliphatic rings. The molecule has 0 aliphatic carbocycles. The van der Waals surface area contributed by atoms with Crippen molar-refractivity contribution in [3.8, 4) is 0 Å². The van der Waals surface area contributed by atoms with E-state index in [0.717, 1.165) is 22.2 Å². The number of fused-ring (bicyclic) bond motifs is 5. The monoisotopic (exact) mass is 220 g/mol. The van der Waals surface area contributed by atoms with Gasteiger partial charge >= 0.3 is 5.71 Å². The summed E-state index contributed by atoms with van der Waals surface area (Å²) < 4.78 is 8.00. The molecule has 2 aromatic heterocycles. The Morgan fingerprint density at radius 1 is 0.824 bits per heavy atom. The average molecular weight is 220 g/mol. The minimum absolute atomic E-state index is 0.874. The molecule has 4 rings (SSSR count). The highest BCUT2D eigenvalue weighted by Gasteiger charge is 2.16. The molecule has 0 bridgehead atoms. The van der Waals surface area contributed by atoms with Gasteiger partial charge in [0.2, 0.25) is 5.58 Å². The Bertz CT molecular complexity index is 845. The van der Waals surface area contributed by atoms with Crippen LogP contribution in [0.15, 0.2) is 65.2 Å². The van der Waals surface area contributed by atoms with Crippen molar-refractivity contribution in [1.29, 1.82) is 0 Å². The molecule has 0 saturated carbocycles. The Morgan fingerprint density at radius 2 is 1.71 bits per heavy atom. The number of hydrogen-bond donors (Lipinski definition) is 0. The quantitative estimate of drug-likeness (QED) is 0.415. The van der Waals surface area contributed by atoms with Crippen molar-refractivity contribution in [2.75, 3.05) is 0 Å². The minimum Gasteiger partial charge on any atom is -0.397 e. The first kappa shape index (κ1) is 8.76. The molecular weight excluding hydrogens is 210 g/mol. The van der Waals surface area contributed by atoms with Gasteiger partial charge in [0.1, 0.15) is 0 Å². The normalized spacial score (nSPS) is 11.5. The average Bonchev–Trinajstić information content (AvgIpc) is 2.78. The van der Waals surface area contributed by atoms with Crippen LogP contribution in [0.3, 0.4) is 0 Å². The summed E-state index contributed by atoms with van der Waals surface area (Å²) in [6, 6.07) is 18.5. The maximum absolute atomic E-state index is 5.93. The molecule has 2 heterocycles. The van der Waals surface area contributed by atoms with Crippen LogP contribution >= 0.6 is 0 Å². The predicted octanol–water partition coefficient (Wildman–Crippen LogP) is 3.32. The van der Waals surface area contributed by atoms with Crippen molar-refractivity contribution in [2.45, 2.75) is 0 Å². The van der Waals surface area contributed by atoms with Crippen LogP contribution in [-0.4, -0.2) is 0 Å². The van der Waals surface area contributed by atoms with Gasteiger partial charge in [0, 0.05) is 17.5 Å². The van der Waals surface area contributed by atoms with E-state index >= 15 is 0 Å². The summed E-state index contributed by atoms with van der Waals surface area (Å²) in [6.07, 6.45) is 2.02. The molecule has 0 N–H and O–H groups in total. The predicted molar refractivity (Wildman–Crippen MR) is 66.9 cm³/mol. The van der Waals surface area contributed by atoms with E-state index in [2.05, 4.69) is 28.7 Å². The number of rotatable bonds is 0. The van der Waals surface area contributed by atoms with Gasteiger partial charge in [0.05, 0.1) is 6.07 Å². The van der Waals surface area contributed by atoms with Gasteiger partial charge in [-0.3, -0.25) is 0 Å². The number of pyridine rings is 1. The molecule has 0 aliphatic heterocycles. The summed E-state index contributed by atoms with van der Waals surface area (Å²) in [5.74, 6) is 0. The highest BCUT2D eigenvalue weighted by molar-refractivity contribution is 6.02. The van der Waals surface area contributed by atoms with E-state index in [1.807, 2.05) is 36.5 Å². The summed E-state index contributed by atoms with van der Waals surface area (Å²) in [5, 5.41) is 2.37. The smallest absolute Gasteiger partial charge is 0.379 e. The van der Waals surface area contributed by atoms with Crippen molar-refractivity contribution in [1.82, 2.24) is 0 Å². The van der Waals surface area contributed by atoms with Crippen LogP contribution in [0.4, 0.5) is 0 Å². The Balaban J connectivity index is 2.34. The van der Waals surface area contributed by atoms with Gasteiger partial charge in [0.25, 0.3) is 5.52 Å². The Morgan fingerprint density at radius 3 is 2.71 bits per heavy atom. The molecule has 0 amide bonds. The van der Waals surface area contributed by atoms with Crippen LogP contribution in [0, 0.1) is 0 Å². The zero-order chi connectivity index (χ0) is 11.2. The molecule has 0 saturated heterocycles. The maximum atomic E-state index is 5.93. The Labute approximate surface area is 97.7 Å². The van der Waals surface area contributed by atoms with E-state index in [4.69, 9.17) is 4.42 Å². The fourth-order valence-electron chi connectivity index (χ4n) is 2.34. The maximum Gasteiger partial charge on any atom is 0.379 e. The third-order valence-electron chi connectivity index (χ3n) is 3.15. The molecule has 0 spiro atoms. The third-order valence-corrected chi connectivity index (χ3v) is 3.15. The summed E-state index contributed by atoms with van der Waals surface area (Å²) >= 11 is 0. The zero-order valence-corrected chi connectivity index (χ0v) is 9.13. The van der Waals surface area contributed by atoms with E-state index in [1.54, 1.807) is 0 Å². The molecule has 0 radical (unpaired) electrons. The summed E-state index contributed by atoms with van der Waals surface area (Å²) in [5.41, 5.74) is 2.94. The van der Waals surface area contributed by atoms with Crippen LogP contribution in [-0.2, 0) is 0 Å². The highest BCUT2D eigenvalue weighted by atomic mass is 16.3. The second-order valence-corrected chi connectivity index (χ2v) is 4.15. The van der Waals surface area contributed by atoms with E-state index in [-0.39, 0.29) is 0 Å². The molecule has 17 heavy (non-hydrogen) atoms. The minimum atomic E-state index is 0.874. The van der Waals surface area contributed by atoms with Gasteiger partial charge in [-0.1, -0.05) is 24.3 Å². The number of oxazole rings is 1. The first-order valence-corrected chi connectivity index (χ1v) is 5.64. The molecular formula is C15H10NO+. The van der Waals surface area contributed by atoms with Crippen molar-refractivity contribution >= 4 is 27.6 Å². The SMILES string of the molecule is c1ccc2c(c1)ccc1c2oc2cccc[n+]21. The van der Waals surface area contributed by atoms with E-state index < -0.39 is 0 Å². The van der Waals surface area contributed by atoms with Gasteiger partial charge < -0.3 is 4.42 Å². The van der Waals surface area contributed by atoms with Crippen molar-refractivity contribution in [3.63, 3.8) is 0 Å². The van der Waals surface area contributed by atoms with E-state index in [1.165, 1.54) is 5.39 Å². The van der Waals surface area contributed by atoms with Gasteiger partial charge in [-0.05, 0) is 17.5 Å². The summed E-state index contributed by atoms with van der Waals surface area (Å²) in [4.78, 5) is 0. The van der Waals surface area contributed by atoms with Gasteiger partial charge in [-0.2, -0.15) is 0 Å². The molecule has 4 aromatic rings. The van der Waals surface area contributed by atoms with Crippen LogP contribution in [0.2, 0.25) is 0 Å². The molecule has 0 fully saturated rings. The summed E-state index contributed by atoms with van der Waals surface area (Å²) in [6.45, 7) is 0. The van der Waals surface area contributed by atoms with Crippen molar-refractivity contribution in [2.24, 2.45) is 0 Å². The molecule has 80 valence electrons. The lowest BCUT2D eigenvalue weighted by Gasteiger charge is -1.93. The van der Waals surface area contributed by atoms with Crippen molar-refractivity contribution in [3.05, 3.63) is 60.8 Å². The second kappa shape index (κ2) is 3.08. The third kappa shape index (κ3) is 1.12. The van der Waals surface area contributed by atoms with Crippen LogP contribution in [0.1, 0.15) is 0 Å². The lowest BCUT2D eigenvalue weighted by atomic mass is 10.1. The van der Waals surface area contributed by atoms with Gasteiger partial charge in [-0.25, -0.2) is 0 Å². The molecule has 2 heteroatoms. The number of nitrogens with zero attached hydrogens (tertiary/aromatic N) is 1. The highest BCUT2D eigenvalue weighted by Crippen LogP contribution is 2.24. The van der Waals surface area contributed by atoms with Gasteiger partial charge in [-0.15, -0.1) is 4.40 Å². The number of aromatic nitrogens is 1. The lowest BCUT2D eigenvalue weighted by Crippen LogP contribution is -2.17. The second-order valence-electron chi connectivity index (χ2n) is 4.15. The van der Waals surface area contributed by atoms with E-state index in [9.17, 15) is 0 Å². The van der Waals surface area contributed by atoms with Gasteiger partial charge in [0.15, 0.2) is 6.20 Å². The lowest BCUT2D eigenvalue weighted by molar-refractivity contribution is -0.485. The molecule has 2 aromatic carbocycles. The first-order chi connectivity index (χ1) is 8.43. The topological polar surface area (TPSA) is 17.2 Å². The Hall–Kier alpha value is -2.35. The Kier molecular flexibility index (Phi) is 1.59. The first-order valence-electron chi connectivity index (χ1n) is 5.64. The standard InChI is InChI=1S/C15H10NO/c1-2-6-12-11(5-1)8-9-13-15(12)17-14-7-3-4-10-16(13)14/h1-10H/q+1. The van der Waals surface area contributed by atoms with Crippen molar-refractivity contribution < 1.29 is 8.82 Å². The zero-order valence-electron chi connectivity index (χ0n) is 9.13. The largest absolute Gasteiger partial charge is 0.397 e. The van der Waals surface area contributed by atoms with E-state index in [0.29, 0.717) is 0 Å². The van der Waals surface area contributed by atoms with Crippen LogP contribution in [0.25, 0.3) is 27.6 Å². The fraction of sp³-hybridized carbons (Fsp3) is 0. The number of hydrogen-bond acceptors (Lipinski definition) is 1. The molecule has 0 atom stereocenters. The fourth-order valence-corrected chi connectivity index (χ4v) is 2.34. The molecule has 0 unspecified atom stereocenters. The summed E-state index contributed by atoms with van der Waals surface area (Å²) in [7, 11) is 0.